The molecule has 1 aromatic heterocycles. The molecule has 5 rings (SSSR count). The van der Waals surface area contributed by atoms with Crippen LogP contribution in [0.5, 0.6) is 0 Å². The van der Waals surface area contributed by atoms with Crippen LogP contribution in [0.15, 0.2) is 60.9 Å². The third kappa shape index (κ3) is 6.02. The average molecular weight is 490 g/mol. The van der Waals surface area contributed by atoms with Gasteiger partial charge in [0.2, 0.25) is 0 Å². The lowest BCUT2D eigenvalue weighted by molar-refractivity contribution is 0.0600. The smallest absolute Gasteiger partial charge is 0.337 e. The SMILES string of the molecule is CC.COC(=O)c1ccc(C(c2nncn2Cc2ccccc2)N2CCCN(C3CCC3)CC2)cc1. The topological polar surface area (TPSA) is 63.5 Å². The van der Waals surface area contributed by atoms with Crippen LogP contribution in [-0.4, -0.2) is 69.9 Å². The number of benzene rings is 2. The molecule has 0 bridgehead atoms. The molecule has 1 aliphatic carbocycles. The molecule has 2 fully saturated rings. The van der Waals surface area contributed by atoms with Crippen molar-refractivity contribution in [2.45, 2.75) is 58.2 Å². The van der Waals surface area contributed by atoms with Crippen molar-refractivity contribution < 1.29 is 9.53 Å². The summed E-state index contributed by atoms with van der Waals surface area (Å²) < 4.78 is 7.05. The Morgan fingerprint density at radius 1 is 0.972 bits per heavy atom. The molecular weight excluding hydrogens is 450 g/mol. The van der Waals surface area contributed by atoms with Crippen molar-refractivity contribution in [1.29, 1.82) is 0 Å². The second-order valence-corrected chi connectivity index (χ2v) is 9.33. The Kier molecular flexibility index (Phi) is 9.25. The summed E-state index contributed by atoms with van der Waals surface area (Å²) in [5.41, 5.74) is 2.89. The van der Waals surface area contributed by atoms with Crippen LogP contribution in [0, 0.1) is 0 Å². The fourth-order valence-corrected chi connectivity index (χ4v) is 5.15. The van der Waals surface area contributed by atoms with Gasteiger partial charge in [0.1, 0.15) is 6.33 Å². The van der Waals surface area contributed by atoms with Gasteiger partial charge >= 0.3 is 5.97 Å². The third-order valence-electron chi connectivity index (χ3n) is 7.25. The van der Waals surface area contributed by atoms with Crippen molar-refractivity contribution in [3.05, 3.63) is 83.4 Å². The van der Waals surface area contributed by atoms with E-state index in [2.05, 4.69) is 48.8 Å². The highest BCUT2D eigenvalue weighted by Crippen LogP contribution is 2.31. The Hall–Kier alpha value is -3.03. The van der Waals surface area contributed by atoms with Crippen molar-refractivity contribution in [2.24, 2.45) is 0 Å². The number of carbonyl (C=O) groups is 1. The Morgan fingerprint density at radius 3 is 2.39 bits per heavy atom. The second kappa shape index (κ2) is 12.8. The van der Waals surface area contributed by atoms with Crippen molar-refractivity contribution in [2.75, 3.05) is 33.3 Å². The zero-order valence-electron chi connectivity index (χ0n) is 21.8. The highest BCUT2D eigenvalue weighted by Gasteiger charge is 2.32. The molecule has 1 saturated heterocycles. The van der Waals surface area contributed by atoms with Crippen LogP contribution >= 0.6 is 0 Å². The van der Waals surface area contributed by atoms with Gasteiger partial charge in [0, 0.05) is 25.7 Å². The van der Waals surface area contributed by atoms with Gasteiger partial charge in [-0.1, -0.05) is 62.7 Å². The number of carbonyl (C=O) groups excluding carboxylic acids is 1. The van der Waals surface area contributed by atoms with E-state index in [0.717, 1.165) is 56.6 Å². The Bertz CT molecular complexity index is 1080. The maximum atomic E-state index is 12.0. The van der Waals surface area contributed by atoms with Gasteiger partial charge in [0.05, 0.1) is 25.3 Å². The van der Waals surface area contributed by atoms with Crippen LogP contribution in [0.4, 0.5) is 0 Å². The van der Waals surface area contributed by atoms with Gasteiger partial charge in [-0.2, -0.15) is 0 Å². The number of esters is 1. The Labute approximate surface area is 215 Å². The van der Waals surface area contributed by atoms with Crippen LogP contribution < -0.4 is 0 Å². The van der Waals surface area contributed by atoms with Gasteiger partial charge < -0.3 is 9.30 Å². The third-order valence-corrected chi connectivity index (χ3v) is 7.25. The second-order valence-electron chi connectivity index (χ2n) is 9.33. The normalized spacial score (nSPS) is 17.9. The molecule has 7 heteroatoms. The maximum Gasteiger partial charge on any atom is 0.337 e. The molecule has 36 heavy (non-hydrogen) atoms. The standard InChI is InChI=1S/C27H33N5O2.C2H6/c1-34-27(33)23-13-11-22(12-14-23)25(31-16-6-15-30(17-18-31)24-9-5-10-24)26-29-28-20-32(26)19-21-7-3-2-4-8-21;1-2/h2-4,7-8,11-14,20,24-25H,5-6,9-10,15-19H2,1H3;1-2H3. The van der Waals surface area contributed by atoms with Crippen molar-refractivity contribution in [3.63, 3.8) is 0 Å². The molecular formula is C29H39N5O2. The number of nitrogens with zero attached hydrogens (tertiary/aromatic N) is 5. The van der Waals surface area contributed by atoms with Crippen LogP contribution in [-0.2, 0) is 11.3 Å². The van der Waals surface area contributed by atoms with E-state index in [1.807, 2.05) is 50.5 Å². The number of hydrogen-bond acceptors (Lipinski definition) is 6. The lowest BCUT2D eigenvalue weighted by atomic mass is 9.91. The number of methoxy groups -OCH3 is 1. The van der Waals surface area contributed by atoms with E-state index in [1.165, 1.54) is 31.9 Å². The molecule has 2 heterocycles. The van der Waals surface area contributed by atoms with Gasteiger partial charge in [-0.15, -0.1) is 10.2 Å². The predicted octanol–water partition coefficient (Wildman–Crippen LogP) is 4.79. The fourth-order valence-electron chi connectivity index (χ4n) is 5.15. The average Bonchev–Trinajstić information content (AvgIpc) is 3.21. The summed E-state index contributed by atoms with van der Waals surface area (Å²) in [6.45, 7) is 8.95. The van der Waals surface area contributed by atoms with E-state index in [0.29, 0.717) is 5.56 Å². The fraction of sp³-hybridized carbons (Fsp3) is 0.483. The zero-order chi connectivity index (χ0) is 25.3. The van der Waals surface area contributed by atoms with Crippen molar-refractivity contribution in [3.8, 4) is 0 Å². The Balaban J connectivity index is 0.00000148. The molecule has 3 aromatic rings. The highest BCUT2D eigenvalue weighted by molar-refractivity contribution is 5.89. The molecule has 1 atom stereocenters. The zero-order valence-corrected chi connectivity index (χ0v) is 21.8. The summed E-state index contributed by atoms with van der Waals surface area (Å²) in [5.74, 6) is 0.619. The molecule has 2 aliphatic rings. The lowest BCUT2D eigenvalue weighted by Gasteiger charge is -2.37. The van der Waals surface area contributed by atoms with Crippen molar-refractivity contribution in [1.82, 2.24) is 24.6 Å². The van der Waals surface area contributed by atoms with Crippen LogP contribution in [0.3, 0.4) is 0 Å². The summed E-state index contributed by atoms with van der Waals surface area (Å²) >= 11 is 0. The van der Waals surface area contributed by atoms with Gasteiger partial charge in [-0.25, -0.2) is 4.79 Å². The molecule has 2 aromatic carbocycles. The van der Waals surface area contributed by atoms with Gasteiger partial charge in [-0.05, 0) is 49.1 Å². The molecule has 1 aliphatic heterocycles. The summed E-state index contributed by atoms with van der Waals surface area (Å²) in [6, 6.07) is 18.9. The lowest BCUT2D eigenvalue weighted by Crippen LogP contribution is -2.42. The van der Waals surface area contributed by atoms with Gasteiger partial charge in [0.25, 0.3) is 0 Å². The Morgan fingerprint density at radius 2 is 1.72 bits per heavy atom. The first-order valence-corrected chi connectivity index (χ1v) is 13.3. The largest absolute Gasteiger partial charge is 0.465 e. The summed E-state index contributed by atoms with van der Waals surface area (Å²) in [4.78, 5) is 17.2. The number of rotatable bonds is 7. The first-order valence-electron chi connectivity index (χ1n) is 13.3. The van der Waals surface area contributed by atoms with Crippen LogP contribution in [0.1, 0.15) is 72.9 Å². The molecule has 0 N–H and O–H groups in total. The highest BCUT2D eigenvalue weighted by atomic mass is 16.5. The van der Waals surface area contributed by atoms with E-state index < -0.39 is 0 Å². The number of ether oxygens (including phenoxy) is 1. The number of aromatic nitrogens is 3. The molecule has 1 saturated carbocycles. The van der Waals surface area contributed by atoms with E-state index in [4.69, 9.17) is 4.74 Å². The van der Waals surface area contributed by atoms with Crippen LogP contribution in [0.2, 0.25) is 0 Å². The molecule has 192 valence electrons. The minimum atomic E-state index is -0.318. The summed E-state index contributed by atoms with van der Waals surface area (Å²) in [7, 11) is 1.41. The minimum absolute atomic E-state index is 0.0285. The van der Waals surface area contributed by atoms with E-state index in [-0.39, 0.29) is 12.0 Å². The molecule has 7 nitrogen and oxygen atoms in total. The van der Waals surface area contributed by atoms with E-state index >= 15 is 0 Å². The monoisotopic (exact) mass is 489 g/mol. The quantitative estimate of drug-likeness (QED) is 0.445. The molecule has 1 unspecified atom stereocenters. The number of hydrogen-bond donors (Lipinski definition) is 0. The first-order chi connectivity index (χ1) is 17.7. The summed E-state index contributed by atoms with van der Waals surface area (Å²) in [6.07, 6.45) is 7.01. The van der Waals surface area contributed by atoms with E-state index in [9.17, 15) is 4.79 Å². The molecule has 0 amide bonds. The maximum absolute atomic E-state index is 12.0. The first kappa shape index (κ1) is 26.0. The van der Waals surface area contributed by atoms with E-state index in [1.54, 1.807) is 0 Å². The summed E-state index contributed by atoms with van der Waals surface area (Å²) in [5, 5.41) is 8.93. The minimum Gasteiger partial charge on any atom is -0.465 e. The molecule has 0 spiro atoms. The van der Waals surface area contributed by atoms with Crippen LogP contribution in [0.25, 0.3) is 0 Å². The van der Waals surface area contributed by atoms with Gasteiger partial charge in [-0.3, -0.25) is 9.80 Å². The van der Waals surface area contributed by atoms with Crippen molar-refractivity contribution >= 4 is 5.97 Å². The predicted molar refractivity (Wildman–Crippen MR) is 142 cm³/mol. The molecule has 0 radical (unpaired) electrons. The van der Waals surface area contributed by atoms with Gasteiger partial charge in [0.15, 0.2) is 5.82 Å².